The van der Waals surface area contributed by atoms with Gasteiger partial charge in [0.2, 0.25) is 0 Å². The lowest BCUT2D eigenvalue weighted by molar-refractivity contribution is -0.146. The molecule has 16 heavy (non-hydrogen) atoms. The van der Waals surface area contributed by atoms with E-state index in [1.54, 1.807) is 13.1 Å². The second-order valence-electron chi connectivity index (χ2n) is 3.60. The Bertz CT molecular complexity index is 400. The zero-order valence-corrected chi connectivity index (χ0v) is 9.51. The maximum atomic E-state index is 11.3. The second kappa shape index (κ2) is 4.78. The molecule has 0 spiro atoms. The van der Waals surface area contributed by atoms with Crippen molar-refractivity contribution in [3.63, 3.8) is 0 Å². The van der Waals surface area contributed by atoms with Crippen LogP contribution in [0, 0.1) is 5.92 Å². The number of hydrogen-bond donors (Lipinski definition) is 1. The van der Waals surface area contributed by atoms with Gasteiger partial charge in [0.25, 0.3) is 5.91 Å². The molecule has 0 fully saturated rings. The maximum Gasteiger partial charge on any atom is 0.310 e. The van der Waals surface area contributed by atoms with Crippen molar-refractivity contribution in [1.29, 1.82) is 0 Å². The van der Waals surface area contributed by atoms with E-state index >= 15 is 0 Å². The summed E-state index contributed by atoms with van der Waals surface area (Å²) < 4.78 is 6.17. The van der Waals surface area contributed by atoms with E-state index in [4.69, 9.17) is 5.73 Å². The van der Waals surface area contributed by atoms with E-state index in [2.05, 4.69) is 9.84 Å². The number of esters is 1. The fourth-order valence-corrected chi connectivity index (χ4v) is 1.31. The Morgan fingerprint density at radius 2 is 2.12 bits per heavy atom. The molecular weight excluding hydrogens is 210 g/mol. The van der Waals surface area contributed by atoms with Gasteiger partial charge in [0, 0.05) is 6.20 Å². The van der Waals surface area contributed by atoms with Gasteiger partial charge < -0.3 is 10.5 Å². The van der Waals surface area contributed by atoms with E-state index in [0.717, 1.165) is 0 Å². The lowest BCUT2D eigenvalue weighted by Crippen LogP contribution is -2.24. The summed E-state index contributed by atoms with van der Waals surface area (Å²) in [4.78, 5) is 22.2. The van der Waals surface area contributed by atoms with E-state index in [9.17, 15) is 9.59 Å². The number of nitrogens with zero attached hydrogens (tertiary/aromatic N) is 2. The van der Waals surface area contributed by atoms with Crippen LogP contribution in [-0.4, -0.2) is 28.8 Å². The number of methoxy groups -OCH3 is 1. The van der Waals surface area contributed by atoms with Crippen LogP contribution < -0.4 is 5.73 Å². The molecule has 1 rings (SSSR count). The smallest absolute Gasteiger partial charge is 0.310 e. The van der Waals surface area contributed by atoms with Crippen molar-refractivity contribution in [2.75, 3.05) is 7.11 Å². The molecule has 0 bridgehead atoms. The topological polar surface area (TPSA) is 87.2 Å². The number of amides is 1. The fraction of sp³-hybridized carbons (Fsp3) is 0.500. The van der Waals surface area contributed by atoms with E-state index in [-0.39, 0.29) is 23.6 Å². The average Bonchev–Trinajstić information content (AvgIpc) is 2.75. The van der Waals surface area contributed by atoms with Crippen molar-refractivity contribution in [1.82, 2.24) is 9.78 Å². The molecule has 2 unspecified atom stereocenters. The van der Waals surface area contributed by atoms with Crippen LogP contribution in [0.5, 0.6) is 0 Å². The van der Waals surface area contributed by atoms with Crippen molar-refractivity contribution in [3.8, 4) is 0 Å². The molecule has 0 radical (unpaired) electrons. The van der Waals surface area contributed by atoms with Crippen molar-refractivity contribution in [2.45, 2.75) is 19.9 Å². The van der Waals surface area contributed by atoms with Crippen LogP contribution in [0.1, 0.15) is 30.4 Å². The highest BCUT2D eigenvalue weighted by Crippen LogP contribution is 2.17. The first-order valence-electron chi connectivity index (χ1n) is 4.90. The number of ether oxygens (including phenoxy) is 1. The van der Waals surface area contributed by atoms with Crippen molar-refractivity contribution < 1.29 is 14.3 Å². The zero-order chi connectivity index (χ0) is 12.3. The molecule has 0 aromatic carbocycles. The predicted octanol–water partition coefficient (Wildman–Crippen LogP) is 0.352. The zero-order valence-electron chi connectivity index (χ0n) is 9.51. The third kappa shape index (κ3) is 2.39. The Kier molecular flexibility index (Phi) is 3.65. The Labute approximate surface area is 93.4 Å². The Hall–Kier alpha value is -1.85. The summed E-state index contributed by atoms with van der Waals surface area (Å²) in [5, 5.41) is 3.98. The molecule has 0 aliphatic carbocycles. The van der Waals surface area contributed by atoms with Gasteiger partial charge in [0.1, 0.15) is 5.69 Å². The Balaban J connectivity index is 2.83. The van der Waals surface area contributed by atoms with Gasteiger partial charge in [-0.05, 0) is 19.9 Å². The highest BCUT2D eigenvalue weighted by Gasteiger charge is 2.23. The number of primary amides is 1. The summed E-state index contributed by atoms with van der Waals surface area (Å²) in [7, 11) is 1.34. The highest BCUT2D eigenvalue weighted by molar-refractivity contribution is 5.90. The van der Waals surface area contributed by atoms with Gasteiger partial charge in [0.15, 0.2) is 0 Å². The van der Waals surface area contributed by atoms with Crippen LogP contribution >= 0.6 is 0 Å². The molecule has 2 atom stereocenters. The molecule has 6 heteroatoms. The van der Waals surface area contributed by atoms with E-state index in [0.29, 0.717) is 0 Å². The Morgan fingerprint density at radius 1 is 1.50 bits per heavy atom. The quantitative estimate of drug-likeness (QED) is 0.749. The van der Waals surface area contributed by atoms with Crippen LogP contribution in [0.3, 0.4) is 0 Å². The third-order valence-corrected chi connectivity index (χ3v) is 2.57. The van der Waals surface area contributed by atoms with Crippen molar-refractivity contribution >= 4 is 11.9 Å². The first-order chi connectivity index (χ1) is 7.47. The van der Waals surface area contributed by atoms with Gasteiger partial charge in [-0.3, -0.25) is 14.3 Å². The summed E-state index contributed by atoms with van der Waals surface area (Å²) >= 11 is 0. The molecule has 1 aromatic rings. The predicted molar refractivity (Wildman–Crippen MR) is 56.6 cm³/mol. The number of hydrogen-bond acceptors (Lipinski definition) is 4. The minimum Gasteiger partial charge on any atom is -0.469 e. The van der Waals surface area contributed by atoms with Crippen LogP contribution in [0.4, 0.5) is 0 Å². The number of aromatic nitrogens is 2. The number of nitrogens with two attached hydrogens (primary N) is 1. The summed E-state index contributed by atoms with van der Waals surface area (Å²) in [6, 6.07) is 1.32. The van der Waals surface area contributed by atoms with E-state index in [1.165, 1.54) is 17.9 Å². The summed E-state index contributed by atoms with van der Waals surface area (Å²) in [6.45, 7) is 3.56. The molecular formula is C10H15N3O3. The first kappa shape index (κ1) is 12.2. The third-order valence-electron chi connectivity index (χ3n) is 2.57. The van der Waals surface area contributed by atoms with Crippen molar-refractivity contribution in [3.05, 3.63) is 18.0 Å². The van der Waals surface area contributed by atoms with Crippen LogP contribution in [0.25, 0.3) is 0 Å². The molecule has 1 amide bonds. The molecule has 1 aromatic heterocycles. The molecule has 6 nitrogen and oxygen atoms in total. The number of carbonyl (C=O) groups excluding carboxylic acids is 2. The monoisotopic (exact) mass is 225 g/mol. The summed E-state index contributed by atoms with van der Waals surface area (Å²) in [6.07, 6.45) is 1.62. The molecule has 0 aliphatic rings. The highest BCUT2D eigenvalue weighted by atomic mass is 16.5. The van der Waals surface area contributed by atoms with Gasteiger partial charge in [-0.1, -0.05) is 0 Å². The largest absolute Gasteiger partial charge is 0.469 e. The minimum absolute atomic E-state index is 0.184. The van der Waals surface area contributed by atoms with Gasteiger partial charge in [-0.2, -0.15) is 5.10 Å². The standard InChI is InChI=1S/C10H15N3O3/c1-6(10(15)16-3)7(2)13-5-4-8(12-13)9(11)14/h4-7H,1-3H3,(H2,11,14). The van der Waals surface area contributed by atoms with Gasteiger partial charge in [-0.15, -0.1) is 0 Å². The lowest BCUT2D eigenvalue weighted by atomic mass is 10.0. The first-order valence-corrected chi connectivity index (χ1v) is 4.90. The number of rotatable bonds is 4. The molecule has 0 saturated heterocycles. The van der Waals surface area contributed by atoms with E-state index in [1.807, 2.05) is 6.92 Å². The fourth-order valence-electron chi connectivity index (χ4n) is 1.31. The molecule has 88 valence electrons. The van der Waals surface area contributed by atoms with Gasteiger partial charge >= 0.3 is 5.97 Å². The van der Waals surface area contributed by atoms with Gasteiger partial charge in [0.05, 0.1) is 19.1 Å². The maximum absolute atomic E-state index is 11.3. The summed E-state index contributed by atoms with van der Waals surface area (Å²) in [5.41, 5.74) is 5.27. The average molecular weight is 225 g/mol. The van der Waals surface area contributed by atoms with Crippen LogP contribution in [0.15, 0.2) is 12.3 Å². The summed E-state index contributed by atoms with van der Waals surface area (Å²) in [5.74, 6) is -1.24. The second-order valence-corrected chi connectivity index (χ2v) is 3.60. The van der Waals surface area contributed by atoms with Crippen molar-refractivity contribution in [2.24, 2.45) is 11.7 Å². The Morgan fingerprint density at radius 3 is 2.56 bits per heavy atom. The SMILES string of the molecule is COC(=O)C(C)C(C)n1ccc(C(N)=O)n1. The minimum atomic E-state index is -0.586. The molecule has 0 aliphatic heterocycles. The van der Waals surface area contributed by atoms with Crippen LogP contribution in [-0.2, 0) is 9.53 Å². The number of carbonyl (C=O) groups is 2. The normalized spacial score (nSPS) is 14.2. The molecule has 0 saturated carbocycles. The van der Waals surface area contributed by atoms with Crippen LogP contribution in [0.2, 0.25) is 0 Å². The van der Waals surface area contributed by atoms with Gasteiger partial charge in [-0.25, -0.2) is 0 Å². The van der Waals surface area contributed by atoms with E-state index < -0.39 is 5.91 Å². The lowest BCUT2D eigenvalue weighted by Gasteiger charge is -2.17. The molecule has 1 heterocycles. The molecule has 2 N–H and O–H groups in total.